The molecule has 24 heavy (non-hydrogen) atoms. The van der Waals surface area contributed by atoms with Crippen molar-refractivity contribution < 1.29 is 8.42 Å². The Morgan fingerprint density at radius 3 is 2.50 bits per heavy atom. The van der Waals surface area contributed by atoms with Crippen molar-refractivity contribution in [3.63, 3.8) is 0 Å². The predicted octanol–water partition coefficient (Wildman–Crippen LogP) is 4.30. The Kier molecular flexibility index (Phi) is 4.16. The summed E-state index contributed by atoms with van der Waals surface area (Å²) in [6.07, 6.45) is 2.72. The van der Waals surface area contributed by atoms with Crippen LogP contribution in [0.4, 0.5) is 0 Å². The molecule has 0 radical (unpaired) electrons. The maximum Gasteiger partial charge on any atom is 0.243 e. The van der Waals surface area contributed by atoms with E-state index in [1.165, 1.54) is 4.88 Å². The minimum Gasteiger partial charge on any atom is -0.207 e. The van der Waals surface area contributed by atoms with Crippen LogP contribution in [0.1, 0.15) is 17.7 Å². The summed E-state index contributed by atoms with van der Waals surface area (Å²) in [5, 5.41) is 4.06. The van der Waals surface area contributed by atoms with Crippen LogP contribution in [0.2, 0.25) is 0 Å². The molecule has 0 atom stereocenters. The highest BCUT2D eigenvalue weighted by atomic mass is 32.2. The van der Waals surface area contributed by atoms with Crippen LogP contribution in [0.5, 0.6) is 0 Å². The molecule has 2 aromatic carbocycles. The topological polar surface area (TPSA) is 37.4 Å². The Bertz CT molecular complexity index is 944. The van der Waals surface area contributed by atoms with E-state index in [1.807, 2.05) is 41.8 Å². The van der Waals surface area contributed by atoms with Crippen molar-refractivity contribution in [2.75, 3.05) is 6.54 Å². The first-order valence-electron chi connectivity index (χ1n) is 8.18. The van der Waals surface area contributed by atoms with E-state index in [2.05, 4.69) is 6.07 Å². The summed E-state index contributed by atoms with van der Waals surface area (Å²) in [4.78, 5) is 1.63. The number of hydrogen-bond donors (Lipinski definition) is 0. The Morgan fingerprint density at radius 1 is 1.00 bits per heavy atom. The molecule has 1 aliphatic carbocycles. The zero-order chi connectivity index (χ0) is 16.6. The van der Waals surface area contributed by atoms with E-state index < -0.39 is 10.0 Å². The molecule has 3 nitrogen and oxygen atoms in total. The minimum atomic E-state index is -3.44. The smallest absolute Gasteiger partial charge is 0.207 e. The van der Waals surface area contributed by atoms with Crippen LogP contribution in [0.15, 0.2) is 64.9 Å². The third-order valence-electron chi connectivity index (χ3n) is 4.44. The molecule has 1 aromatic heterocycles. The first-order chi connectivity index (χ1) is 11.6. The molecule has 0 spiro atoms. The van der Waals surface area contributed by atoms with Gasteiger partial charge in [-0.3, -0.25) is 0 Å². The lowest BCUT2D eigenvalue weighted by atomic mass is 10.1. The summed E-state index contributed by atoms with van der Waals surface area (Å²) in [6, 6.07) is 17.5. The van der Waals surface area contributed by atoms with Gasteiger partial charge in [0.1, 0.15) is 0 Å². The highest BCUT2D eigenvalue weighted by Gasteiger charge is 2.37. The summed E-state index contributed by atoms with van der Waals surface area (Å²) in [7, 11) is -3.44. The monoisotopic (exact) mass is 357 g/mol. The van der Waals surface area contributed by atoms with E-state index in [0.29, 0.717) is 11.4 Å². The van der Waals surface area contributed by atoms with E-state index in [4.69, 9.17) is 0 Å². The fraction of sp³-hybridized carbons (Fsp3) is 0.263. The molecule has 124 valence electrons. The zero-order valence-corrected chi connectivity index (χ0v) is 14.9. The second-order valence-electron chi connectivity index (χ2n) is 6.19. The number of sulfonamides is 1. The average Bonchev–Trinajstić information content (AvgIpc) is 3.29. The molecule has 0 N–H and O–H groups in total. The van der Waals surface area contributed by atoms with E-state index >= 15 is 0 Å². The van der Waals surface area contributed by atoms with E-state index in [0.717, 1.165) is 30.0 Å². The van der Waals surface area contributed by atoms with Crippen LogP contribution in [0.25, 0.3) is 10.8 Å². The lowest BCUT2D eigenvalue weighted by Crippen LogP contribution is -2.34. The molecule has 1 saturated carbocycles. The molecular formula is C19H19NO2S2. The summed E-state index contributed by atoms with van der Waals surface area (Å²) in [6.45, 7) is 0.556. The quantitative estimate of drug-likeness (QED) is 0.660. The van der Waals surface area contributed by atoms with Gasteiger partial charge in [0.15, 0.2) is 0 Å². The Balaban J connectivity index is 1.64. The van der Waals surface area contributed by atoms with Gasteiger partial charge in [0.05, 0.1) is 4.90 Å². The van der Waals surface area contributed by atoms with Crippen molar-refractivity contribution in [3.05, 3.63) is 64.9 Å². The third-order valence-corrected chi connectivity index (χ3v) is 7.32. The molecule has 0 saturated heterocycles. The van der Waals surface area contributed by atoms with Crippen molar-refractivity contribution in [2.24, 2.45) is 0 Å². The van der Waals surface area contributed by atoms with Gasteiger partial charge in [-0.05, 0) is 53.6 Å². The summed E-state index contributed by atoms with van der Waals surface area (Å²) >= 11 is 1.68. The summed E-state index contributed by atoms with van der Waals surface area (Å²) in [5.74, 6) is 0. The minimum absolute atomic E-state index is 0.168. The largest absolute Gasteiger partial charge is 0.243 e. The molecule has 5 heteroatoms. The predicted molar refractivity (Wildman–Crippen MR) is 98.9 cm³/mol. The summed E-state index contributed by atoms with van der Waals surface area (Å²) < 4.78 is 28.0. The Hall–Kier alpha value is -1.69. The van der Waals surface area contributed by atoms with E-state index in [9.17, 15) is 8.42 Å². The first kappa shape index (κ1) is 15.8. The van der Waals surface area contributed by atoms with Gasteiger partial charge in [-0.25, -0.2) is 8.42 Å². The van der Waals surface area contributed by atoms with Crippen LogP contribution in [-0.4, -0.2) is 25.3 Å². The van der Waals surface area contributed by atoms with Crippen LogP contribution in [0, 0.1) is 0 Å². The lowest BCUT2D eigenvalue weighted by Gasteiger charge is -2.22. The van der Waals surface area contributed by atoms with Crippen molar-refractivity contribution in [1.29, 1.82) is 0 Å². The van der Waals surface area contributed by atoms with Gasteiger partial charge >= 0.3 is 0 Å². The van der Waals surface area contributed by atoms with Crippen LogP contribution < -0.4 is 0 Å². The fourth-order valence-electron chi connectivity index (χ4n) is 3.00. The molecular weight excluding hydrogens is 338 g/mol. The maximum absolute atomic E-state index is 13.1. The molecule has 4 rings (SSSR count). The number of rotatable bonds is 6. The first-order valence-corrected chi connectivity index (χ1v) is 10.5. The highest BCUT2D eigenvalue weighted by molar-refractivity contribution is 7.89. The number of thiophene rings is 1. The maximum atomic E-state index is 13.1. The van der Waals surface area contributed by atoms with Gasteiger partial charge in [-0.2, -0.15) is 4.31 Å². The van der Waals surface area contributed by atoms with Gasteiger partial charge < -0.3 is 0 Å². The fourth-order valence-corrected chi connectivity index (χ4v) is 5.42. The van der Waals surface area contributed by atoms with Crippen LogP contribution >= 0.6 is 11.3 Å². The van der Waals surface area contributed by atoms with Gasteiger partial charge in [0, 0.05) is 17.5 Å². The molecule has 0 bridgehead atoms. The molecule has 0 amide bonds. The number of benzene rings is 2. The van der Waals surface area contributed by atoms with Crippen LogP contribution in [-0.2, 0) is 16.4 Å². The van der Waals surface area contributed by atoms with E-state index in [1.54, 1.807) is 27.8 Å². The van der Waals surface area contributed by atoms with Gasteiger partial charge in [-0.1, -0.05) is 36.4 Å². The normalized spacial score (nSPS) is 15.2. The highest BCUT2D eigenvalue weighted by Crippen LogP contribution is 2.33. The van der Waals surface area contributed by atoms with Gasteiger partial charge in [0.2, 0.25) is 10.0 Å². The van der Waals surface area contributed by atoms with Crippen LogP contribution in [0.3, 0.4) is 0 Å². The molecule has 1 fully saturated rings. The lowest BCUT2D eigenvalue weighted by molar-refractivity contribution is 0.408. The molecule has 0 aliphatic heterocycles. The second kappa shape index (κ2) is 6.31. The average molecular weight is 358 g/mol. The number of hydrogen-bond acceptors (Lipinski definition) is 3. The SMILES string of the molecule is O=S(=O)(c1ccc2ccccc2c1)N(CCc1cccs1)C1CC1. The van der Waals surface area contributed by atoms with Crippen molar-refractivity contribution in [2.45, 2.75) is 30.2 Å². The molecule has 0 unspecified atom stereocenters. The van der Waals surface area contributed by atoms with E-state index in [-0.39, 0.29) is 6.04 Å². The zero-order valence-electron chi connectivity index (χ0n) is 13.3. The van der Waals surface area contributed by atoms with Gasteiger partial charge in [-0.15, -0.1) is 11.3 Å². The molecule has 3 aromatic rings. The van der Waals surface area contributed by atoms with Crippen molar-refractivity contribution >= 4 is 32.1 Å². The Morgan fingerprint density at radius 2 is 1.79 bits per heavy atom. The summed E-state index contributed by atoms with van der Waals surface area (Å²) in [5.41, 5.74) is 0. The van der Waals surface area contributed by atoms with Crippen molar-refractivity contribution in [3.8, 4) is 0 Å². The molecule has 1 aliphatic rings. The second-order valence-corrected chi connectivity index (χ2v) is 9.11. The molecule has 1 heterocycles. The Labute approximate surface area is 146 Å². The number of fused-ring (bicyclic) bond motifs is 1. The number of nitrogens with zero attached hydrogens (tertiary/aromatic N) is 1. The van der Waals surface area contributed by atoms with Crippen molar-refractivity contribution in [1.82, 2.24) is 4.31 Å². The third kappa shape index (κ3) is 3.11. The van der Waals surface area contributed by atoms with Gasteiger partial charge in [0.25, 0.3) is 0 Å². The standard InChI is InChI=1S/C19H19NO2S2/c21-24(22,19-10-7-15-4-1-2-5-16(15)14-19)20(17-8-9-17)12-11-18-6-3-13-23-18/h1-7,10,13-14,17H,8-9,11-12H2.